The smallest absolute Gasteiger partial charge is 0.00433 e. The lowest BCUT2D eigenvalue weighted by Crippen LogP contribution is -2.13. The van der Waals surface area contributed by atoms with Gasteiger partial charge in [-0.05, 0) is 38.3 Å². The van der Waals surface area contributed by atoms with Gasteiger partial charge in [0.15, 0.2) is 0 Å². The van der Waals surface area contributed by atoms with Crippen LogP contribution < -0.4 is 5.32 Å². The summed E-state index contributed by atoms with van der Waals surface area (Å²) in [6.45, 7) is 6.17. The van der Waals surface area contributed by atoms with Gasteiger partial charge in [0.2, 0.25) is 0 Å². The molecule has 1 atom stereocenters. The summed E-state index contributed by atoms with van der Waals surface area (Å²) in [6.07, 6.45) is 6.02. The van der Waals surface area contributed by atoms with Gasteiger partial charge in [0.1, 0.15) is 0 Å². The van der Waals surface area contributed by atoms with Crippen molar-refractivity contribution in [3.05, 3.63) is 12.7 Å². The number of allylic oxidation sites excluding steroid dienone is 1. The molecule has 1 fully saturated rings. The minimum absolute atomic E-state index is 0.778. The van der Waals surface area contributed by atoms with Gasteiger partial charge < -0.3 is 5.32 Å². The molecule has 1 N–H and O–H groups in total. The third-order valence-electron chi connectivity index (χ3n) is 1.95. The molecule has 0 aromatic heterocycles. The van der Waals surface area contributed by atoms with Gasteiger partial charge in [-0.3, -0.25) is 0 Å². The van der Waals surface area contributed by atoms with Gasteiger partial charge in [-0.15, -0.1) is 6.58 Å². The maximum atomic E-state index is 3.80. The number of nitrogens with one attached hydrogen (secondary N) is 1. The first-order chi connectivity index (χ1) is 4.43. The Bertz CT molecular complexity index is 80.6. The molecular weight excluding hydrogens is 110 g/mol. The summed E-state index contributed by atoms with van der Waals surface area (Å²) in [5, 5.41) is 3.36. The van der Waals surface area contributed by atoms with Gasteiger partial charge in [0.05, 0.1) is 0 Å². The standard InChI is InChI=1S/C8H15N/c1-2-8-4-3-6-9-7-5-8/h2,8-9H,1,3-7H2. The summed E-state index contributed by atoms with van der Waals surface area (Å²) in [5.41, 5.74) is 0. The van der Waals surface area contributed by atoms with Crippen LogP contribution in [0.15, 0.2) is 12.7 Å². The molecule has 9 heavy (non-hydrogen) atoms. The fourth-order valence-corrected chi connectivity index (χ4v) is 1.28. The molecule has 0 aliphatic carbocycles. The van der Waals surface area contributed by atoms with Crippen LogP contribution in [-0.2, 0) is 0 Å². The van der Waals surface area contributed by atoms with Crippen LogP contribution in [-0.4, -0.2) is 13.1 Å². The van der Waals surface area contributed by atoms with Crippen molar-refractivity contribution >= 4 is 0 Å². The maximum Gasteiger partial charge on any atom is -0.00433 e. The molecule has 0 radical (unpaired) electrons. The van der Waals surface area contributed by atoms with Gasteiger partial charge in [-0.25, -0.2) is 0 Å². The molecule has 1 rings (SSSR count). The average Bonchev–Trinajstić information content (AvgIpc) is 2.13. The summed E-state index contributed by atoms with van der Waals surface area (Å²) in [4.78, 5) is 0. The number of hydrogen-bond acceptors (Lipinski definition) is 1. The van der Waals surface area contributed by atoms with Gasteiger partial charge in [0, 0.05) is 0 Å². The van der Waals surface area contributed by atoms with E-state index in [-0.39, 0.29) is 0 Å². The van der Waals surface area contributed by atoms with E-state index in [1.54, 1.807) is 0 Å². The zero-order valence-electron chi connectivity index (χ0n) is 5.90. The minimum atomic E-state index is 0.778. The Morgan fingerprint density at radius 2 is 2.22 bits per heavy atom. The van der Waals surface area contributed by atoms with E-state index < -0.39 is 0 Å². The molecule has 1 nitrogen and oxygen atoms in total. The van der Waals surface area contributed by atoms with E-state index in [1.807, 2.05) is 0 Å². The average molecular weight is 125 g/mol. The lowest BCUT2D eigenvalue weighted by Gasteiger charge is -2.04. The summed E-state index contributed by atoms with van der Waals surface area (Å²) in [6, 6.07) is 0. The largest absolute Gasteiger partial charge is 0.317 e. The van der Waals surface area contributed by atoms with Gasteiger partial charge in [-0.1, -0.05) is 6.08 Å². The topological polar surface area (TPSA) is 12.0 Å². The minimum Gasteiger partial charge on any atom is -0.317 e. The molecule has 1 aliphatic heterocycles. The summed E-state index contributed by atoms with van der Waals surface area (Å²) in [7, 11) is 0. The predicted molar refractivity (Wildman–Crippen MR) is 40.4 cm³/mol. The van der Waals surface area contributed by atoms with Crippen LogP contribution in [0.4, 0.5) is 0 Å². The fraction of sp³-hybridized carbons (Fsp3) is 0.750. The number of hydrogen-bond donors (Lipinski definition) is 1. The van der Waals surface area contributed by atoms with Crippen molar-refractivity contribution in [3.8, 4) is 0 Å². The first-order valence-electron chi connectivity index (χ1n) is 3.77. The lowest BCUT2D eigenvalue weighted by molar-refractivity contribution is 0.577. The molecule has 1 aliphatic rings. The third kappa shape index (κ3) is 2.19. The Labute approximate surface area is 57.1 Å². The Balaban J connectivity index is 2.26. The van der Waals surface area contributed by atoms with Crippen LogP contribution in [0, 0.1) is 5.92 Å². The molecule has 0 amide bonds. The first-order valence-corrected chi connectivity index (χ1v) is 3.77. The first kappa shape index (κ1) is 6.81. The normalized spacial score (nSPS) is 29.1. The Kier molecular flexibility index (Phi) is 2.78. The molecular formula is C8H15N. The third-order valence-corrected chi connectivity index (χ3v) is 1.95. The second-order valence-electron chi connectivity index (χ2n) is 2.68. The van der Waals surface area contributed by atoms with E-state index in [1.165, 1.54) is 32.4 Å². The van der Waals surface area contributed by atoms with Crippen molar-refractivity contribution in [1.29, 1.82) is 0 Å². The highest BCUT2D eigenvalue weighted by molar-refractivity contribution is 4.81. The molecule has 1 heterocycles. The highest BCUT2D eigenvalue weighted by Crippen LogP contribution is 2.13. The molecule has 0 aromatic carbocycles. The molecule has 1 saturated heterocycles. The zero-order chi connectivity index (χ0) is 6.53. The van der Waals surface area contributed by atoms with Gasteiger partial charge >= 0.3 is 0 Å². The highest BCUT2D eigenvalue weighted by atomic mass is 14.8. The second kappa shape index (κ2) is 3.67. The van der Waals surface area contributed by atoms with Crippen LogP contribution >= 0.6 is 0 Å². The SMILES string of the molecule is C=CC1CCCNCC1. The van der Waals surface area contributed by atoms with Crippen molar-refractivity contribution < 1.29 is 0 Å². The zero-order valence-corrected chi connectivity index (χ0v) is 5.90. The second-order valence-corrected chi connectivity index (χ2v) is 2.68. The van der Waals surface area contributed by atoms with E-state index in [0.717, 1.165) is 5.92 Å². The van der Waals surface area contributed by atoms with Crippen LogP contribution in [0.2, 0.25) is 0 Å². The van der Waals surface area contributed by atoms with Crippen molar-refractivity contribution in [1.82, 2.24) is 5.32 Å². The van der Waals surface area contributed by atoms with E-state index in [2.05, 4.69) is 18.0 Å². The molecule has 0 aromatic rings. The predicted octanol–water partition coefficient (Wildman–Crippen LogP) is 1.56. The molecule has 1 heteroatoms. The molecule has 1 unspecified atom stereocenters. The van der Waals surface area contributed by atoms with Gasteiger partial charge in [0.25, 0.3) is 0 Å². The van der Waals surface area contributed by atoms with E-state index in [4.69, 9.17) is 0 Å². The fourth-order valence-electron chi connectivity index (χ4n) is 1.28. The number of rotatable bonds is 1. The van der Waals surface area contributed by atoms with Gasteiger partial charge in [-0.2, -0.15) is 0 Å². The van der Waals surface area contributed by atoms with E-state index in [0.29, 0.717) is 0 Å². The van der Waals surface area contributed by atoms with Crippen molar-refractivity contribution in [3.63, 3.8) is 0 Å². The summed E-state index contributed by atoms with van der Waals surface area (Å²) >= 11 is 0. The molecule has 0 saturated carbocycles. The summed E-state index contributed by atoms with van der Waals surface area (Å²) < 4.78 is 0. The molecule has 52 valence electrons. The lowest BCUT2D eigenvalue weighted by atomic mass is 10.0. The van der Waals surface area contributed by atoms with E-state index in [9.17, 15) is 0 Å². The molecule has 0 bridgehead atoms. The van der Waals surface area contributed by atoms with E-state index >= 15 is 0 Å². The summed E-state index contributed by atoms with van der Waals surface area (Å²) in [5.74, 6) is 0.778. The van der Waals surface area contributed by atoms with Crippen molar-refractivity contribution in [2.24, 2.45) is 5.92 Å². The Hall–Kier alpha value is -0.300. The molecule has 0 spiro atoms. The maximum absolute atomic E-state index is 3.80. The Morgan fingerprint density at radius 3 is 3.00 bits per heavy atom. The van der Waals surface area contributed by atoms with Crippen LogP contribution in [0.3, 0.4) is 0 Å². The monoisotopic (exact) mass is 125 g/mol. The van der Waals surface area contributed by atoms with Crippen LogP contribution in [0.25, 0.3) is 0 Å². The Morgan fingerprint density at radius 1 is 1.33 bits per heavy atom. The van der Waals surface area contributed by atoms with Crippen LogP contribution in [0.1, 0.15) is 19.3 Å². The van der Waals surface area contributed by atoms with Crippen molar-refractivity contribution in [2.45, 2.75) is 19.3 Å². The van der Waals surface area contributed by atoms with Crippen molar-refractivity contribution in [2.75, 3.05) is 13.1 Å². The van der Waals surface area contributed by atoms with Crippen LogP contribution in [0.5, 0.6) is 0 Å². The highest BCUT2D eigenvalue weighted by Gasteiger charge is 2.06. The quantitative estimate of drug-likeness (QED) is 0.524.